The van der Waals surface area contributed by atoms with Gasteiger partial charge in [-0.15, -0.1) is 11.3 Å². The Morgan fingerprint density at radius 2 is 1.81 bits per heavy atom. The minimum absolute atomic E-state index is 0.358. The van der Waals surface area contributed by atoms with Gasteiger partial charge in [0.1, 0.15) is 6.23 Å². The van der Waals surface area contributed by atoms with Gasteiger partial charge in [0, 0.05) is 32.2 Å². The lowest BCUT2D eigenvalue weighted by Gasteiger charge is -2.38. The summed E-state index contributed by atoms with van der Waals surface area (Å²) < 4.78 is 1.24. The lowest BCUT2D eigenvalue weighted by Crippen LogP contribution is -2.47. The quantitative estimate of drug-likeness (QED) is 0.655. The van der Waals surface area contributed by atoms with E-state index in [-0.39, 0.29) is 0 Å². The molecule has 0 spiro atoms. The van der Waals surface area contributed by atoms with Gasteiger partial charge in [0.2, 0.25) is 5.95 Å². The summed E-state index contributed by atoms with van der Waals surface area (Å²) in [4.78, 5) is 18.0. The highest BCUT2D eigenvalue weighted by Gasteiger charge is 2.23. The van der Waals surface area contributed by atoms with Gasteiger partial charge in [0.25, 0.3) is 0 Å². The van der Waals surface area contributed by atoms with Crippen LogP contribution in [0.1, 0.15) is 25.5 Å². The maximum atomic E-state index is 9.36. The van der Waals surface area contributed by atoms with E-state index >= 15 is 0 Å². The standard InChI is InChI=1S/C19H24N6OS/c1-13(15-3-4-18-17(9-15)22-12-27-18)24-5-7-25(8-6-24)19-20-10-16(11-21-19)23-14(2)26/h3-4,9-14,23,26H,5-8H2,1-2H3. The molecule has 142 valence electrons. The van der Waals surface area contributed by atoms with Gasteiger partial charge in [-0.1, -0.05) is 6.07 Å². The molecule has 3 heterocycles. The summed E-state index contributed by atoms with van der Waals surface area (Å²) in [5.74, 6) is 0.738. The van der Waals surface area contributed by atoms with Crippen LogP contribution in [0.5, 0.6) is 0 Å². The molecule has 2 unspecified atom stereocenters. The smallest absolute Gasteiger partial charge is 0.225 e. The van der Waals surface area contributed by atoms with Gasteiger partial charge in [0.15, 0.2) is 0 Å². The lowest BCUT2D eigenvalue weighted by molar-refractivity contribution is 0.198. The van der Waals surface area contributed by atoms with Gasteiger partial charge in [-0.05, 0) is 31.5 Å². The van der Waals surface area contributed by atoms with E-state index in [9.17, 15) is 5.11 Å². The molecule has 1 aliphatic rings. The van der Waals surface area contributed by atoms with Gasteiger partial charge >= 0.3 is 0 Å². The summed E-state index contributed by atoms with van der Waals surface area (Å²) in [7, 11) is 0. The molecule has 0 aliphatic carbocycles. The Kier molecular flexibility index (Phi) is 5.20. The number of thiazole rings is 1. The van der Waals surface area contributed by atoms with Gasteiger partial charge in [-0.25, -0.2) is 15.0 Å². The predicted molar refractivity (Wildman–Crippen MR) is 109 cm³/mol. The highest BCUT2D eigenvalue weighted by molar-refractivity contribution is 7.16. The number of aliphatic hydroxyl groups excluding tert-OH is 1. The monoisotopic (exact) mass is 384 g/mol. The van der Waals surface area contributed by atoms with Crippen LogP contribution in [0.2, 0.25) is 0 Å². The van der Waals surface area contributed by atoms with Crippen LogP contribution < -0.4 is 10.2 Å². The van der Waals surface area contributed by atoms with Crippen molar-refractivity contribution < 1.29 is 5.11 Å². The normalized spacial score (nSPS) is 17.8. The van der Waals surface area contributed by atoms with Crippen molar-refractivity contribution in [2.75, 3.05) is 36.4 Å². The zero-order valence-corrected chi connectivity index (χ0v) is 16.4. The molecule has 2 N–H and O–H groups in total. The number of benzene rings is 1. The van der Waals surface area contributed by atoms with Crippen molar-refractivity contribution in [3.05, 3.63) is 41.7 Å². The zero-order chi connectivity index (χ0) is 18.8. The molecular weight excluding hydrogens is 360 g/mol. The number of hydrogen-bond donors (Lipinski definition) is 2. The van der Waals surface area contributed by atoms with Crippen molar-refractivity contribution in [2.45, 2.75) is 26.1 Å². The van der Waals surface area contributed by atoms with Crippen LogP contribution in [0.25, 0.3) is 10.2 Å². The molecule has 0 bridgehead atoms. The van der Waals surface area contributed by atoms with Crippen LogP contribution in [-0.2, 0) is 0 Å². The maximum absolute atomic E-state index is 9.36. The number of hydrogen-bond acceptors (Lipinski definition) is 8. The minimum atomic E-state index is -0.618. The van der Waals surface area contributed by atoms with Crippen molar-refractivity contribution in [1.82, 2.24) is 19.9 Å². The van der Waals surface area contributed by atoms with E-state index in [0.717, 1.165) is 43.3 Å². The highest BCUT2D eigenvalue weighted by Crippen LogP contribution is 2.27. The van der Waals surface area contributed by atoms with E-state index < -0.39 is 6.23 Å². The number of nitrogens with zero attached hydrogens (tertiary/aromatic N) is 5. The summed E-state index contributed by atoms with van der Waals surface area (Å²) in [5, 5.41) is 12.2. The van der Waals surface area contributed by atoms with E-state index in [0.29, 0.717) is 6.04 Å². The Hall–Kier alpha value is -2.29. The molecular formula is C19H24N6OS. The molecule has 1 saturated heterocycles. The number of fused-ring (bicyclic) bond motifs is 1. The average Bonchev–Trinajstić information content (AvgIpc) is 3.15. The van der Waals surface area contributed by atoms with E-state index in [1.54, 1.807) is 30.7 Å². The molecule has 1 fully saturated rings. The Labute approximate surface area is 162 Å². The molecule has 1 aromatic carbocycles. The van der Waals surface area contributed by atoms with Gasteiger partial charge in [-0.3, -0.25) is 4.90 Å². The Bertz CT molecular complexity index is 889. The number of piperazine rings is 1. The van der Waals surface area contributed by atoms with E-state index in [2.05, 4.69) is 55.2 Å². The van der Waals surface area contributed by atoms with Gasteiger partial charge in [0.05, 0.1) is 33.8 Å². The molecule has 8 heteroatoms. The van der Waals surface area contributed by atoms with Gasteiger partial charge < -0.3 is 15.3 Å². The summed E-state index contributed by atoms with van der Waals surface area (Å²) >= 11 is 1.68. The molecule has 7 nitrogen and oxygen atoms in total. The first-order chi connectivity index (χ1) is 13.1. The molecule has 1 aliphatic heterocycles. The third-order valence-electron chi connectivity index (χ3n) is 5.00. The Balaban J connectivity index is 1.37. The molecule has 2 aromatic heterocycles. The van der Waals surface area contributed by atoms with Crippen molar-refractivity contribution in [3.8, 4) is 0 Å². The van der Waals surface area contributed by atoms with Crippen LogP contribution >= 0.6 is 11.3 Å². The first-order valence-corrected chi connectivity index (χ1v) is 10.1. The highest BCUT2D eigenvalue weighted by atomic mass is 32.1. The number of aromatic nitrogens is 3. The molecule has 0 radical (unpaired) electrons. The molecule has 2 atom stereocenters. The summed E-state index contributed by atoms with van der Waals surface area (Å²) in [5.41, 5.74) is 5.02. The lowest BCUT2D eigenvalue weighted by atomic mass is 10.1. The van der Waals surface area contributed by atoms with Crippen LogP contribution in [0.4, 0.5) is 11.6 Å². The fourth-order valence-corrected chi connectivity index (χ4v) is 4.11. The van der Waals surface area contributed by atoms with Crippen molar-refractivity contribution >= 4 is 33.2 Å². The third-order valence-corrected chi connectivity index (χ3v) is 5.81. The second kappa shape index (κ2) is 7.75. The Morgan fingerprint density at radius 3 is 2.52 bits per heavy atom. The zero-order valence-electron chi connectivity index (χ0n) is 15.5. The fraction of sp³-hybridized carbons (Fsp3) is 0.421. The fourth-order valence-electron chi connectivity index (χ4n) is 3.46. The first kappa shape index (κ1) is 18.1. The average molecular weight is 385 g/mol. The van der Waals surface area contributed by atoms with Crippen LogP contribution in [0, 0.1) is 0 Å². The summed E-state index contributed by atoms with van der Waals surface area (Å²) in [6, 6.07) is 6.96. The Morgan fingerprint density at radius 1 is 1.07 bits per heavy atom. The summed E-state index contributed by atoms with van der Waals surface area (Å²) in [6.07, 6.45) is 2.81. The second-order valence-electron chi connectivity index (χ2n) is 6.87. The van der Waals surface area contributed by atoms with E-state index in [4.69, 9.17) is 0 Å². The van der Waals surface area contributed by atoms with Crippen LogP contribution in [0.15, 0.2) is 36.1 Å². The van der Waals surface area contributed by atoms with Gasteiger partial charge in [-0.2, -0.15) is 0 Å². The van der Waals surface area contributed by atoms with Crippen molar-refractivity contribution in [2.24, 2.45) is 0 Å². The van der Waals surface area contributed by atoms with Crippen LogP contribution in [0.3, 0.4) is 0 Å². The third kappa shape index (κ3) is 4.02. The SMILES string of the molecule is CC(O)Nc1cnc(N2CCN(C(C)c3ccc4scnc4c3)CC2)nc1. The number of aliphatic hydroxyl groups is 1. The number of anilines is 2. The molecule has 27 heavy (non-hydrogen) atoms. The topological polar surface area (TPSA) is 77.4 Å². The second-order valence-corrected chi connectivity index (χ2v) is 7.76. The van der Waals surface area contributed by atoms with Crippen LogP contribution in [-0.4, -0.2) is 57.4 Å². The number of rotatable bonds is 5. The van der Waals surface area contributed by atoms with Crippen molar-refractivity contribution in [1.29, 1.82) is 0 Å². The molecule has 4 rings (SSSR count). The maximum Gasteiger partial charge on any atom is 0.225 e. The van der Waals surface area contributed by atoms with E-state index in [1.807, 2.05) is 5.51 Å². The molecule has 0 saturated carbocycles. The first-order valence-electron chi connectivity index (χ1n) is 9.19. The van der Waals surface area contributed by atoms with Crippen molar-refractivity contribution in [3.63, 3.8) is 0 Å². The molecule has 0 amide bonds. The number of nitrogens with one attached hydrogen (secondary N) is 1. The summed E-state index contributed by atoms with van der Waals surface area (Å²) in [6.45, 7) is 7.65. The largest absolute Gasteiger partial charge is 0.374 e. The molecule has 3 aromatic rings. The van der Waals surface area contributed by atoms with E-state index in [1.165, 1.54) is 10.3 Å². The predicted octanol–water partition coefficient (Wildman–Crippen LogP) is 2.72. The minimum Gasteiger partial charge on any atom is -0.374 e.